The van der Waals surface area contributed by atoms with Crippen LogP contribution in [0.15, 0.2) is 24.5 Å². The van der Waals surface area contributed by atoms with E-state index in [0.29, 0.717) is 11.3 Å². The highest BCUT2D eigenvalue weighted by atomic mass is 16.4. The normalized spacial score (nSPS) is 39.4. The van der Waals surface area contributed by atoms with E-state index >= 15 is 0 Å². The fourth-order valence-corrected chi connectivity index (χ4v) is 5.42. The van der Waals surface area contributed by atoms with Crippen molar-refractivity contribution in [2.45, 2.75) is 32.2 Å². The number of nitrogens with zero attached hydrogens (tertiary/aromatic N) is 2. The second-order valence-electron chi connectivity index (χ2n) is 7.34. The minimum atomic E-state index is -0.751. The van der Waals surface area contributed by atoms with E-state index in [0.717, 1.165) is 30.5 Å². The summed E-state index contributed by atoms with van der Waals surface area (Å²) in [6, 6.07) is 3.17. The van der Waals surface area contributed by atoms with Gasteiger partial charge in [0, 0.05) is 25.5 Å². The molecule has 2 bridgehead atoms. The van der Waals surface area contributed by atoms with Gasteiger partial charge in [-0.05, 0) is 54.1 Å². The van der Waals surface area contributed by atoms with Crippen LogP contribution in [0.5, 0.6) is 0 Å². The third kappa shape index (κ3) is 1.85. The van der Waals surface area contributed by atoms with Gasteiger partial charge in [0.05, 0.1) is 0 Å². The monoisotopic (exact) mass is 286 g/mol. The topological polar surface area (TPSA) is 53.4 Å². The molecule has 3 fully saturated rings. The van der Waals surface area contributed by atoms with Crippen molar-refractivity contribution in [1.82, 2.24) is 9.88 Å². The summed E-state index contributed by atoms with van der Waals surface area (Å²) in [6.07, 6.45) is 7.46. The zero-order valence-corrected chi connectivity index (χ0v) is 12.4. The first-order chi connectivity index (χ1) is 10.1. The maximum Gasteiger partial charge on any atom is 0.325 e. The number of fused-ring (bicyclic) bond motifs is 5. The van der Waals surface area contributed by atoms with E-state index < -0.39 is 12.0 Å². The Balaban J connectivity index is 1.63. The first kappa shape index (κ1) is 13.3. The van der Waals surface area contributed by atoms with Crippen LogP contribution >= 0.6 is 0 Å². The summed E-state index contributed by atoms with van der Waals surface area (Å²) >= 11 is 0. The van der Waals surface area contributed by atoms with Gasteiger partial charge < -0.3 is 5.11 Å². The molecule has 4 heteroatoms. The summed E-state index contributed by atoms with van der Waals surface area (Å²) in [7, 11) is 0. The minimum Gasteiger partial charge on any atom is -0.480 e. The summed E-state index contributed by atoms with van der Waals surface area (Å²) in [5.74, 6) is 1.57. The van der Waals surface area contributed by atoms with Gasteiger partial charge in [0.1, 0.15) is 6.04 Å². The van der Waals surface area contributed by atoms with Crippen LogP contribution in [0.2, 0.25) is 0 Å². The van der Waals surface area contributed by atoms with E-state index in [4.69, 9.17) is 0 Å². The molecule has 0 amide bonds. The summed E-state index contributed by atoms with van der Waals surface area (Å²) in [5, 5.41) is 9.71. The van der Waals surface area contributed by atoms with E-state index in [1.165, 1.54) is 19.3 Å². The molecule has 1 saturated heterocycles. The molecule has 3 aliphatic rings. The second kappa shape index (κ2) is 4.54. The Bertz CT molecular complexity index is 561. The Morgan fingerprint density at radius 1 is 1.52 bits per heavy atom. The van der Waals surface area contributed by atoms with Crippen LogP contribution in [-0.4, -0.2) is 34.0 Å². The molecule has 2 saturated carbocycles. The number of carboxylic acids is 1. The third-order valence-corrected chi connectivity index (χ3v) is 6.40. The molecule has 21 heavy (non-hydrogen) atoms. The lowest BCUT2D eigenvalue weighted by molar-refractivity contribution is -0.143. The van der Waals surface area contributed by atoms with Gasteiger partial charge in [-0.3, -0.25) is 14.7 Å². The third-order valence-electron chi connectivity index (χ3n) is 6.40. The number of carbonyl (C=O) groups is 1. The highest BCUT2D eigenvalue weighted by Gasteiger charge is 2.60. The predicted octanol–water partition coefficient (Wildman–Crippen LogP) is 2.58. The van der Waals surface area contributed by atoms with Crippen molar-refractivity contribution in [1.29, 1.82) is 0 Å². The minimum absolute atomic E-state index is 0.332. The Hall–Kier alpha value is -1.42. The molecule has 1 unspecified atom stereocenters. The van der Waals surface area contributed by atoms with Gasteiger partial charge in [0.15, 0.2) is 0 Å². The van der Waals surface area contributed by atoms with Crippen LogP contribution < -0.4 is 0 Å². The van der Waals surface area contributed by atoms with Crippen LogP contribution in [0.1, 0.15) is 37.8 Å². The smallest absolute Gasteiger partial charge is 0.325 e. The van der Waals surface area contributed by atoms with Crippen molar-refractivity contribution in [2.75, 3.05) is 13.1 Å². The standard InChI is InChI=1S/C17H22N2O2/c1-17-10-19(9-14(17)11-4-5-13(17)7-11)15(16(20)21)12-3-2-6-18-8-12/h2-3,6,8,11,13-15H,4-5,7,9-10H2,1H3,(H,20,21)/t11-,13+,14-,15?,17+/m0/s1. The number of pyridine rings is 1. The predicted molar refractivity (Wildman–Crippen MR) is 78.6 cm³/mol. The first-order valence-electron chi connectivity index (χ1n) is 7.96. The van der Waals surface area contributed by atoms with Crippen LogP contribution in [-0.2, 0) is 4.79 Å². The van der Waals surface area contributed by atoms with Crippen molar-refractivity contribution in [3.05, 3.63) is 30.1 Å². The summed E-state index contributed by atoms with van der Waals surface area (Å²) in [4.78, 5) is 18.1. The number of aromatic nitrogens is 1. The highest BCUT2D eigenvalue weighted by Crippen LogP contribution is 2.63. The number of carboxylic acid groups (broad SMARTS) is 1. The van der Waals surface area contributed by atoms with Crippen molar-refractivity contribution in [3.8, 4) is 0 Å². The number of hydrogen-bond donors (Lipinski definition) is 1. The lowest BCUT2D eigenvalue weighted by Gasteiger charge is -2.35. The number of hydrogen-bond acceptors (Lipinski definition) is 3. The molecule has 1 N–H and O–H groups in total. The van der Waals surface area contributed by atoms with Crippen LogP contribution in [0, 0.1) is 23.2 Å². The fraction of sp³-hybridized carbons (Fsp3) is 0.647. The van der Waals surface area contributed by atoms with Crippen LogP contribution in [0.4, 0.5) is 0 Å². The average Bonchev–Trinajstić information content (AvgIpc) is 3.10. The molecule has 0 spiro atoms. The molecule has 2 heterocycles. The van der Waals surface area contributed by atoms with Crippen molar-refractivity contribution in [3.63, 3.8) is 0 Å². The lowest BCUT2D eigenvalue weighted by Crippen LogP contribution is -2.36. The molecule has 0 aromatic carbocycles. The average molecular weight is 286 g/mol. The van der Waals surface area contributed by atoms with Gasteiger partial charge >= 0.3 is 5.97 Å². The van der Waals surface area contributed by atoms with Crippen LogP contribution in [0.25, 0.3) is 0 Å². The molecule has 1 aromatic rings. The Kier molecular flexibility index (Phi) is 2.86. The molecule has 112 valence electrons. The maximum atomic E-state index is 11.8. The van der Waals surface area contributed by atoms with Gasteiger partial charge in [0.25, 0.3) is 0 Å². The Morgan fingerprint density at radius 2 is 2.38 bits per heavy atom. The number of rotatable bonds is 3. The maximum absolute atomic E-state index is 11.8. The summed E-state index contributed by atoms with van der Waals surface area (Å²) in [6.45, 7) is 4.25. The van der Waals surface area contributed by atoms with Crippen molar-refractivity contribution in [2.24, 2.45) is 23.2 Å². The Labute approximate surface area is 125 Å². The van der Waals surface area contributed by atoms with Crippen molar-refractivity contribution < 1.29 is 9.90 Å². The van der Waals surface area contributed by atoms with E-state index in [1.54, 1.807) is 12.4 Å². The van der Waals surface area contributed by atoms with Gasteiger partial charge in [-0.25, -0.2) is 0 Å². The van der Waals surface area contributed by atoms with Crippen LogP contribution in [0.3, 0.4) is 0 Å². The number of aliphatic carboxylic acids is 1. The zero-order valence-electron chi connectivity index (χ0n) is 12.4. The molecule has 4 rings (SSSR count). The van der Waals surface area contributed by atoms with E-state index in [9.17, 15) is 9.90 Å². The summed E-state index contributed by atoms with van der Waals surface area (Å²) in [5.41, 5.74) is 1.14. The molecule has 5 atom stereocenters. The molecule has 1 aromatic heterocycles. The zero-order chi connectivity index (χ0) is 14.6. The summed E-state index contributed by atoms with van der Waals surface area (Å²) < 4.78 is 0. The van der Waals surface area contributed by atoms with Crippen molar-refractivity contribution >= 4 is 5.97 Å². The highest BCUT2D eigenvalue weighted by molar-refractivity contribution is 5.75. The largest absolute Gasteiger partial charge is 0.480 e. The van der Waals surface area contributed by atoms with E-state index in [1.807, 2.05) is 12.1 Å². The lowest BCUT2D eigenvalue weighted by atomic mass is 9.70. The van der Waals surface area contributed by atoms with E-state index in [2.05, 4.69) is 16.8 Å². The fourth-order valence-electron chi connectivity index (χ4n) is 5.42. The Morgan fingerprint density at radius 3 is 3.05 bits per heavy atom. The van der Waals surface area contributed by atoms with Gasteiger partial charge in [-0.2, -0.15) is 0 Å². The molecular formula is C17H22N2O2. The van der Waals surface area contributed by atoms with Gasteiger partial charge in [-0.1, -0.05) is 13.0 Å². The van der Waals surface area contributed by atoms with E-state index in [-0.39, 0.29) is 0 Å². The molecule has 2 aliphatic carbocycles. The SMILES string of the molecule is C[C@]12CN(C(C(=O)O)c3cccnc3)C[C@H]1[C@H]1CC[C@@H]2C1. The molecule has 1 aliphatic heterocycles. The molecule has 4 nitrogen and oxygen atoms in total. The first-order valence-corrected chi connectivity index (χ1v) is 7.96. The van der Waals surface area contributed by atoms with Gasteiger partial charge in [0.2, 0.25) is 0 Å². The second-order valence-corrected chi connectivity index (χ2v) is 7.34. The molecular weight excluding hydrogens is 264 g/mol. The quantitative estimate of drug-likeness (QED) is 0.928. The number of likely N-dealkylation sites (tertiary alicyclic amines) is 1. The molecule has 0 radical (unpaired) electrons. The van der Waals surface area contributed by atoms with Gasteiger partial charge in [-0.15, -0.1) is 0 Å².